The van der Waals surface area contributed by atoms with Crippen LogP contribution >= 0.6 is 0 Å². The quantitative estimate of drug-likeness (QED) is 0.159. The van der Waals surface area contributed by atoms with Gasteiger partial charge < -0.3 is 14.4 Å². The Morgan fingerprint density at radius 2 is 1.29 bits per heavy atom. The van der Waals surface area contributed by atoms with Gasteiger partial charge in [0, 0.05) is 73.2 Å². The molecule has 1 aromatic heterocycles. The maximum Gasteiger partial charge on any atom is 0.252 e. The summed E-state index contributed by atoms with van der Waals surface area (Å²) in [6, 6.07) is 54.3. The first kappa shape index (κ1) is 46.3. The molecule has 0 amide bonds. The second kappa shape index (κ2) is 15.9. The van der Waals surface area contributed by atoms with Crippen LogP contribution < -0.4 is 26.2 Å². The third-order valence-corrected chi connectivity index (χ3v) is 16.9. The molecule has 1 atom stereocenters. The first-order chi connectivity index (χ1) is 34.1. The molecule has 0 fully saturated rings. The highest BCUT2D eigenvalue weighted by Gasteiger charge is 2.48. The molecule has 4 aliphatic rings. The molecule has 3 heterocycles. The van der Waals surface area contributed by atoms with Crippen LogP contribution in [0.5, 0.6) is 0 Å². The minimum absolute atomic E-state index is 0.0147. The highest BCUT2D eigenvalue weighted by Crippen LogP contribution is 2.55. The lowest BCUT2D eigenvalue weighted by atomic mass is 9.33. The maximum absolute atomic E-state index is 2.70. The number of benzene rings is 7. The van der Waals surface area contributed by atoms with Gasteiger partial charge in [-0.25, -0.2) is 0 Å². The zero-order chi connectivity index (χ0) is 50.6. The lowest BCUT2D eigenvalue weighted by molar-refractivity contribution is 0.453. The van der Waals surface area contributed by atoms with E-state index in [9.17, 15) is 0 Å². The van der Waals surface area contributed by atoms with Gasteiger partial charge in [0.05, 0.1) is 5.69 Å². The second-order valence-electron chi connectivity index (χ2n) is 25.3. The van der Waals surface area contributed by atoms with Gasteiger partial charge in [0.25, 0.3) is 6.71 Å². The summed E-state index contributed by atoms with van der Waals surface area (Å²) >= 11 is 0. The fourth-order valence-corrected chi connectivity index (χ4v) is 13.0. The number of aromatic nitrogens is 1. The van der Waals surface area contributed by atoms with E-state index in [1.807, 2.05) is 0 Å². The summed E-state index contributed by atoms with van der Waals surface area (Å²) in [5.41, 5.74) is 28.7. The topological polar surface area (TPSA) is 11.4 Å². The Balaban J connectivity index is 1.18. The molecule has 7 aromatic carbocycles. The summed E-state index contributed by atoms with van der Waals surface area (Å²) in [4.78, 5) is 5.27. The van der Waals surface area contributed by atoms with Gasteiger partial charge in [-0.1, -0.05) is 192 Å². The normalized spacial score (nSPS) is 16.5. The Labute approximate surface area is 430 Å². The number of hydrogen-bond donors (Lipinski definition) is 0. The maximum atomic E-state index is 2.70. The van der Waals surface area contributed by atoms with Crippen molar-refractivity contribution in [3.8, 4) is 27.9 Å². The monoisotopic (exact) mass is 940 g/mol. The number of nitrogens with zero attached hydrogens (tertiary/aromatic N) is 3. The number of rotatable bonds is 5. The van der Waals surface area contributed by atoms with Crippen LogP contribution in [-0.4, -0.2) is 11.3 Å². The molecule has 360 valence electrons. The first-order valence-corrected chi connectivity index (χ1v) is 26.5. The van der Waals surface area contributed by atoms with Crippen molar-refractivity contribution >= 4 is 62.4 Å². The molecule has 12 rings (SSSR count). The van der Waals surface area contributed by atoms with Gasteiger partial charge in [-0.3, -0.25) is 0 Å². The van der Waals surface area contributed by atoms with Crippen LogP contribution in [0.4, 0.5) is 28.4 Å². The lowest BCUT2D eigenvalue weighted by Crippen LogP contribution is -2.60. The molecule has 2 aliphatic carbocycles. The van der Waals surface area contributed by atoms with Crippen LogP contribution in [0.15, 0.2) is 163 Å². The average molecular weight is 940 g/mol. The molecule has 0 spiro atoms. The number of hydrogen-bond acceptors (Lipinski definition) is 2. The van der Waals surface area contributed by atoms with Gasteiger partial charge in [-0.15, -0.1) is 0 Å². The molecule has 0 bridgehead atoms. The molecule has 0 saturated carbocycles. The number of aryl methyl sites for hydroxylation is 2. The summed E-state index contributed by atoms with van der Waals surface area (Å²) in [5, 5.41) is 1.35. The Kier molecular flexibility index (Phi) is 10.2. The van der Waals surface area contributed by atoms with E-state index in [1.165, 1.54) is 128 Å². The van der Waals surface area contributed by atoms with E-state index >= 15 is 0 Å². The minimum atomic E-state index is -0.198. The van der Waals surface area contributed by atoms with Gasteiger partial charge in [-0.05, 0) is 140 Å². The standard InChI is InChI=1S/C68H70BN3/c1-41-35-59-62-60(36-41)72-63-50(61-49-23-18-19-25-52(49)68(13,14)64(61)72)24-20-26-54(63)69(62)53-31-30-48(40-58(53)71(59)57-34-29-47(67(10,11)12)39-51(57)44-21-16-15-17-22-44)70(55-32-27-45(37-42(55)2)65(4,5)6)56-33-28-46(38-43(56)3)66(7,8)9/h15-37,39-40,43H,38H2,1-14H3. The number of para-hydroxylation sites is 1. The fourth-order valence-electron chi connectivity index (χ4n) is 13.0. The zero-order valence-electron chi connectivity index (χ0n) is 45.1. The summed E-state index contributed by atoms with van der Waals surface area (Å²) in [6.07, 6.45) is 5.88. The fraction of sp³-hybridized carbons (Fsp3) is 0.294. The summed E-state index contributed by atoms with van der Waals surface area (Å²) < 4.78 is 2.70. The van der Waals surface area contributed by atoms with Crippen LogP contribution in [0.3, 0.4) is 0 Å². The molecule has 0 saturated heterocycles. The summed E-state index contributed by atoms with van der Waals surface area (Å²) in [6.45, 7) is 33.0. The molecule has 1 unspecified atom stereocenters. The van der Waals surface area contributed by atoms with E-state index in [2.05, 4.69) is 263 Å². The molecular formula is C68H70BN3. The third-order valence-electron chi connectivity index (χ3n) is 16.9. The van der Waals surface area contributed by atoms with E-state index in [4.69, 9.17) is 0 Å². The van der Waals surface area contributed by atoms with Crippen molar-refractivity contribution in [3.05, 3.63) is 196 Å². The second-order valence-corrected chi connectivity index (χ2v) is 25.3. The molecule has 72 heavy (non-hydrogen) atoms. The minimum Gasteiger partial charge on any atom is -0.314 e. The molecular weight excluding hydrogens is 870 g/mol. The SMILES string of the molecule is Cc1cc2c3c(c1)-n1c4c(c5cccc(c51)B3c1ccc(N(C3=CC=C(C(C)(C)C)CC3C)c3ccc(C(C)(C)C)cc3C)cc1N2c1ccc(C(C)(C)C)cc1-c1ccccc1)-c1ccccc1C4(C)C. The average Bonchev–Trinajstić information content (AvgIpc) is 3.81. The highest BCUT2D eigenvalue weighted by atomic mass is 15.2. The van der Waals surface area contributed by atoms with E-state index in [0.717, 1.165) is 6.42 Å². The van der Waals surface area contributed by atoms with Gasteiger partial charge in [0.1, 0.15) is 0 Å². The summed E-state index contributed by atoms with van der Waals surface area (Å²) in [5.74, 6) is 0.304. The highest BCUT2D eigenvalue weighted by molar-refractivity contribution is 7.00. The molecule has 8 aromatic rings. The molecule has 0 N–H and O–H groups in total. The largest absolute Gasteiger partial charge is 0.314 e. The van der Waals surface area contributed by atoms with Crippen molar-refractivity contribution in [3.63, 3.8) is 0 Å². The van der Waals surface area contributed by atoms with Crippen LogP contribution in [-0.2, 0) is 16.2 Å². The third kappa shape index (κ3) is 6.91. The Morgan fingerprint density at radius 1 is 0.597 bits per heavy atom. The summed E-state index contributed by atoms with van der Waals surface area (Å²) in [7, 11) is 0. The Morgan fingerprint density at radius 3 is 2.00 bits per heavy atom. The van der Waals surface area contributed by atoms with Crippen molar-refractivity contribution in [2.75, 3.05) is 9.80 Å². The number of fused-ring (bicyclic) bond motifs is 9. The predicted octanol–water partition coefficient (Wildman–Crippen LogP) is 16.5. The van der Waals surface area contributed by atoms with Crippen LogP contribution in [0.25, 0.3) is 38.8 Å². The number of anilines is 5. The van der Waals surface area contributed by atoms with Gasteiger partial charge in [-0.2, -0.15) is 0 Å². The van der Waals surface area contributed by atoms with E-state index in [-0.39, 0.29) is 28.4 Å². The van der Waals surface area contributed by atoms with Crippen molar-refractivity contribution in [2.45, 2.75) is 120 Å². The van der Waals surface area contributed by atoms with E-state index in [0.29, 0.717) is 5.92 Å². The van der Waals surface area contributed by atoms with Crippen molar-refractivity contribution in [1.82, 2.24) is 4.57 Å². The van der Waals surface area contributed by atoms with E-state index in [1.54, 1.807) is 0 Å². The zero-order valence-corrected chi connectivity index (χ0v) is 45.1. The van der Waals surface area contributed by atoms with Gasteiger partial charge >= 0.3 is 0 Å². The molecule has 4 heteroatoms. The van der Waals surface area contributed by atoms with Crippen molar-refractivity contribution < 1.29 is 0 Å². The van der Waals surface area contributed by atoms with Gasteiger partial charge in [0.15, 0.2) is 0 Å². The van der Waals surface area contributed by atoms with Crippen molar-refractivity contribution in [1.29, 1.82) is 0 Å². The van der Waals surface area contributed by atoms with Crippen LogP contribution in [0.1, 0.15) is 123 Å². The van der Waals surface area contributed by atoms with Crippen molar-refractivity contribution in [2.24, 2.45) is 11.3 Å². The molecule has 2 aliphatic heterocycles. The first-order valence-electron chi connectivity index (χ1n) is 26.5. The Bertz CT molecular complexity index is 3630. The predicted molar refractivity (Wildman–Crippen MR) is 310 cm³/mol. The lowest BCUT2D eigenvalue weighted by Gasteiger charge is -2.43. The molecule has 0 radical (unpaired) electrons. The van der Waals surface area contributed by atoms with E-state index < -0.39 is 0 Å². The van der Waals surface area contributed by atoms with Gasteiger partial charge in [0.2, 0.25) is 0 Å². The number of allylic oxidation sites excluding steroid dienone is 4. The van der Waals surface area contributed by atoms with Crippen LogP contribution in [0.2, 0.25) is 0 Å². The molecule has 3 nitrogen and oxygen atoms in total. The van der Waals surface area contributed by atoms with Crippen LogP contribution in [0, 0.1) is 25.2 Å². The smallest absolute Gasteiger partial charge is 0.252 e. The Hall–Kier alpha value is -6.78.